The summed E-state index contributed by atoms with van der Waals surface area (Å²) in [5, 5.41) is 9.06. The Kier molecular flexibility index (Phi) is 3.42. The zero-order valence-electron chi connectivity index (χ0n) is 7.47. The van der Waals surface area contributed by atoms with Crippen molar-refractivity contribution in [2.45, 2.75) is 19.1 Å². The molecule has 1 aromatic rings. The molecule has 5 heteroatoms. The molecule has 2 atom stereocenters. The molecule has 3 N–H and O–H groups in total. The van der Waals surface area contributed by atoms with Crippen LogP contribution in [-0.4, -0.2) is 11.2 Å². The van der Waals surface area contributed by atoms with Crippen LogP contribution in [0.25, 0.3) is 0 Å². The van der Waals surface area contributed by atoms with Crippen LogP contribution in [0.2, 0.25) is 5.02 Å². The first-order valence-corrected chi connectivity index (χ1v) is 4.39. The molecule has 14 heavy (non-hydrogen) atoms. The van der Waals surface area contributed by atoms with Gasteiger partial charge in [0.25, 0.3) is 0 Å². The predicted octanol–water partition coefficient (Wildman–Crippen LogP) is 2.00. The van der Waals surface area contributed by atoms with Crippen molar-refractivity contribution in [3.63, 3.8) is 0 Å². The van der Waals surface area contributed by atoms with Gasteiger partial charge in [0, 0.05) is 10.6 Å². The maximum absolute atomic E-state index is 13.2. The molecule has 0 aliphatic rings. The molecule has 0 radical (unpaired) electrons. The smallest absolute Gasteiger partial charge is 0.132 e. The topological polar surface area (TPSA) is 46.2 Å². The van der Waals surface area contributed by atoms with E-state index in [0.717, 1.165) is 12.1 Å². The average Bonchev–Trinajstić information content (AvgIpc) is 2.01. The fourth-order valence-electron chi connectivity index (χ4n) is 1.11. The van der Waals surface area contributed by atoms with E-state index in [9.17, 15) is 8.78 Å². The fourth-order valence-corrected chi connectivity index (χ4v) is 1.30. The van der Waals surface area contributed by atoms with Gasteiger partial charge in [-0.2, -0.15) is 0 Å². The van der Waals surface area contributed by atoms with Crippen molar-refractivity contribution < 1.29 is 13.9 Å². The Morgan fingerprint density at radius 3 is 2.14 bits per heavy atom. The van der Waals surface area contributed by atoms with Gasteiger partial charge in [0.1, 0.15) is 11.6 Å². The van der Waals surface area contributed by atoms with Gasteiger partial charge in [0.05, 0.1) is 12.1 Å². The highest BCUT2D eigenvalue weighted by Gasteiger charge is 2.21. The summed E-state index contributed by atoms with van der Waals surface area (Å²) in [5.41, 5.74) is 5.07. The van der Waals surface area contributed by atoms with Crippen LogP contribution >= 0.6 is 11.6 Å². The van der Waals surface area contributed by atoms with Crippen molar-refractivity contribution in [1.82, 2.24) is 0 Å². The maximum atomic E-state index is 13.2. The first kappa shape index (κ1) is 11.4. The second-order valence-electron chi connectivity index (χ2n) is 3.05. The van der Waals surface area contributed by atoms with Crippen LogP contribution in [-0.2, 0) is 0 Å². The van der Waals surface area contributed by atoms with Gasteiger partial charge in [-0.25, -0.2) is 8.78 Å². The van der Waals surface area contributed by atoms with Gasteiger partial charge in [-0.05, 0) is 19.1 Å². The highest BCUT2D eigenvalue weighted by molar-refractivity contribution is 6.30. The molecule has 0 aliphatic heterocycles. The second kappa shape index (κ2) is 4.21. The third-order valence-corrected chi connectivity index (χ3v) is 2.12. The Morgan fingerprint density at radius 1 is 1.36 bits per heavy atom. The molecule has 1 aromatic carbocycles. The molecule has 0 aliphatic carbocycles. The summed E-state index contributed by atoms with van der Waals surface area (Å²) in [6.07, 6.45) is -1.03. The fraction of sp³-hybridized carbons (Fsp3) is 0.333. The summed E-state index contributed by atoms with van der Waals surface area (Å²) in [4.78, 5) is 0. The zero-order valence-corrected chi connectivity index (χ0v) is 8.22. The van der Waals surface area contributed by atoms with Gasteiger partial charge in [0.15, 0.2) is 0 Å². The number of rotatable bonds is 2. The lowest BCUT2D eigenvalue weighted by Crippen LogP contribution is -2.25. The number of aliphatic hydroxyl groups excluding tert-OH is 1. The highest BCUT2D eigenvalue weighted by Crippen LogP contribution is 2.24. The summed E-state index contributed by atoms with van der Waals surface area (Å²) in [7, 11) is 0. The molecule has 2 nitrogen and oxygen atoms in total. The van der Waals surface area contributed by atoms with Crippen molar-refractivity contribution in [1.29, 1.82) is 0 Å². The van der Waals surface area contributed by atoms with E-state index in [4.69, 9.17) is 22.4 Å². The molecule has 2 unspecified atom stereocenters. The molecular formula is C9H10ClF2NO. The highest BCUT2D eigenvalue weighted by atomic mass is 35.5. The monoisotopic (exact) mass is 221 g/mol. The third-order valence-electron chi connectivity index (χ3n) is 1.90. The van der Waals surface area contributed by atoms with Gasteiger partial charge in [-0.1, -0.05) is 11.6 Å². The Hall–Kier alpha value is -0.710. The van der Waals surface area contributed by atoms with Gasteiger partial charge in [0.2, 0.25) is 0 Å². The third kappa shape index (κ3) is 2.20. The van der Waals surface area contributed by atoms with Crippen LogP contribution in [0, 0.1) is 11.6 Å². The summed E-state index contributed by atoms with van der Waals surface area (Å²) in [6, 6.07) is 0.831. The van der Waals surface area contributed by atoms with Crippen molar-refractivity contribution >= 4 is 11.6 Å². The number of hydrogen-bond donors (Lipinski definition) is 2. The lowest BCUT2D eigenvalue weighted by Gasteiger charge is -2.16. The molecule has 78 valence electrons. The summed E-state index contributed by atoms with van der Waals surface area (Å²) < 4.78 is 26.4. The molecule has 0 heterocycles. The van der Waals surface area contributed by atoms with E-state index in [2.05, 4.69) is 0 Å². The van der Waals surface area contributed by atoms with E-state index in [0.29, 0.717) is 0 Å². The first-order chi connectivity index (χ1) is 6.43. The van der Waals surface area contributed by atoms with E-state index < -0.39 is 23.8 Å². The van der Waals surface area contributed by atoms with Crippen LogP contribution in [0.5, 0.6) is 0 Å². The Balaban J connectivity index is 3.20. The summed E-state index contributed by atoms with van der Waals surface area (Å²) in [5.74, 6) is -1.69. The van der Waals surface area contributed by atoms with Gasteiger partial charge in [-0.3, -0.25) is 0 Å². The molecule has 0 bridgehead atoms. The predicted molar refractivity (Wildman–Crippen MR) is 50.0 cm³/mol. The van der Waals surface area contributed by atoms with Crippen LogP contribution in [0.4, 0.5) is 8.78 Å². The van der Waals surface area contributed by atoms with Crippen molar-refractivity contribution in [3.05, 3.63) is 34.4 Å². The minimum absolute atomic E-state index is 0.0402. The van der Waals surface area contributed by atoms with E-state index in [-0.39, 0.29) is 10.6 Å². The summed E-state index contributed by atoms with van der Waals surface area (Å²) in [6.45, 7) is 1.36. The molecule has 0 saturated heterocycles. The number of nitrogens with two attached hydrogens (primary N) is 1. The minimum Gasteiger partial charge on any atom is -0.391 e. The Labute approximate surface area is 85.3 Å². The SMILES string of the molecule is CC(O)C(N)c1c(F)cc(Cl)cc1F. The quantitative estimate of drug-likeness (QED) is 0.803. The van der Waals surface area contributed by atoms with Crippen LogP contribution in [0.3, 0.4) is 0 Å². The second-order valence-corrected chi connectivity index (χ2v) is 3.49. The molecule has 1 rings (SSSR count). The zero-order chi connectivity index (χ0) is 10.9. The van der Waals surface area contributed by atoms with Crippen LogP contribution in [0.1, 0.15) is 18.5 Å². The number of hydrogen-bond acceptors (Lipinski definition) is 2. The lowest BCUT2D eigenvalue weighted by molar-refractivity contribution is 0.160. The van der Waals surface area contributed by atoms with E-state index >= 15 is 0 Å². The van der Waals surface area contributed by atoms with E-state index in [1.54, 1.807) is 0 Å². The minimum atomic E-state index is -1.09. The van der Waals surface area contributed by atoms with Crippen molar-refractivity contribution in [2.24, 2.45) is 5.73 Å². The van der Waals surface area contributed by atoms with E-state index in [1.165, 1.54) is 6.92 Å². The molecule has 0 fully saturated rings. The molecule has 0 amide bonds. The van der Waals surface area contributed by atoms with Gasteiger partial charge in [-0.15, -0.1) is 0 Å². The molecule has 0 aromatic heterocycles. The number of benzene rings is 1. The maximum Gasteiger partial charge on any atom is 0.132 e. The Bertz CT molecular complexity index is 321. The Morgan fingerprint density at radius 2 is 1.79 bits per heavy atom. The lowest BCUT2D eigenvalue weighted by atomic mass is 10.0. The molecule has 0 spiro atoms. The van der Waals surface area contributed by atoms with Gasteiger partial charge < -0.3 is 10.8 Å². The average molecular weight is 222 g/mol. The van der Waals surface area contributed by atoms with Crippen molar-refractivity contribution in [3.8, 4) is 0 Å². The molecular weight excluding hydrogens is 212 g/mol. The van der Waals surface area contributed by atoms with Crippen LogP contribution < -0.4 is 5.73 Å². The van der Waals surface area contributed by atoms with Crippen molar-refractivity contribution in [2.75, 3.05) is 0 Å². The summed E-state index contributed by atoms with van der Waals surface area (Å²) >= 11 is 5.42. The van der Waals surface area contributed by atoms with Crippen LogP contribution in [0.15, 0.2) is 12.1 Å². The number of aliphatic hydroxyl groups is 1. The van der Waals surface area contributed by atoms with Gasteiger partial charge >= 0.3 is 0 Å². The first-order valence-electron chi connectivity index (χ1n) is 4.01. The standard InChI is InChI=1S/C9H10ClF2NO/c1-4(14)9(13)8-6(11)2-5(10)3-7(8)12/h2-4,9,14H,13H2,1H3. The largest absolute Gasteiger partial charge is 0.391 e. The molecule has 0 saturated carbocycles. The number of halogens is 3. The van der Waals surface area contributed by atoms with E-state index in [1.807, 2.05) is 0 Å². The normalized spacial score (nSPS) is 15.3.